The van der Waals surface area contributed by atoms with Crippen LogP contribution in [-0.4, -0.2) is 45.7 Å². The second-order valence-electron chi connectivity index (χ2n) is 12.0. The summed E-state index contributed by atoms with van der Waals surface area (Å²) in [7, 11) is 3.10. The van der Waals surface area contributed by atoms with Crippen LogP contribution in [0.2, 0.25) is 0 Å². The van der Waals surface area contributed by atoms with Gasteiger partial charge >= 0.3 is 11.1 Å². The molecule has 2 N–H and O–H groups in total. The lowest BCUT2D eigenvalue weighted by Gasteiger charge is -2.10. The van der Waals surface area contributed by atoms with Crippen molar-refractivity contribution in [3.8, 4) is 23.3 Å². The third kappa shape index (κ3) is 9.85. The number of halogens is 2. The van der Waals surface area contributed by atoms with Gasteiger partial charge in [-0.2, -0.15) is 0 Å². The quantitative estimate of drug-likeness (QED) is 0.115. The van der Waals surface area contributed by atoms with Gasteiger partial charge in [-0.15, -0.1) is 0 Å². The van der Waals surface area contributed by atoms with Gasteiger partial charge in [0.1, 0.15) is 23.1 Å². The summed E-state index contributed by atoms with van der Waals surface area (Å²) in [6.07, 6.45) is 0. The van der Waals surface area contributed by atoms with E-state index in [1.165, 1.54) is 55.6 Å². The number of nitrogens with zero attached hydrogens (tertiary/aromatic N) is 2. The lowest BCUT2D eigenvalue weighted by atomic mass is 10.0. The molecule has 0 atom stereocenters. The number of carbonyl (C=O) groups is 2. The van der Waals surface area contributed by atoms with Crippen molar-refractivity contribution in [3.05, 3.63) is 200 Å². The van der Waals surface area contributed by atoms with Crippen molar-refractivity contribution < 1.29 is 32.6 Å². The molecule has 0 radical (unpaired) electrons. The number of methoxy groups -OCH3 is 2. The van der Waals surface area contributed by atoms with Crippen LogP contribution in [0.15, 0.2) is 155 Å². The lowest BCUT2D eigenvalue weighted by Crippen LogP contribution is -2.28. The lowest BCUT2D eigenvalue weighted by molar-refractivity contribution is 0.103. The van der Waals surface area contributed by atoms with E-state index in [1.807, 2.05) is 24.3 Å². The van der Waals surface area contributed by atoms with Crippen molar-refractivity contribution in [2.24, 2.45) is 0 Å². The maximum Gasteiger partial charge on any atom is 0.314 e. The summed E-state index contributed by atoms with van der Waals surface area (Å²) in [4.78, 5) is 59.9. The SMILES string of the molecule is COc1ccc(C(=O)c2ccc(Oc3nc4ccccc4nc3OC)cc2)cc1.O=C(c1ccc(F)cc1)c1ccc(F)cc1.O=c1[nH]c2ccccc2[nH]c1=O. The fourth-order valence-electron chi connectivity index (χ4n) is 5.29. The topological polar surface area (TPSA) is 153 Å². The number of aromatic nitrogens is 4. The molecule has 0 saturated heterocycles. The van der Waals surface area contributed by atoms with Gasteiger partial charge in [0.05, 0.1) is 36.3 Å². The minimum absolute atomic E-state index is 0.0812. The van der Waals surface area contributed by atoms with E-state index >= 15 is 0 Å². The molecule has 0 aliphatic heterocycles. The first-order valence-electron chi connectivity index (χ1n) is 17.2. The zero-order valence-electron chi connectivity index (χ0n) is 30.4. The van der Waals surface area contributed by atoms with Crippen LogP contribution < -0.4 is 25.3 Å². The fourth-order valence-corrected chi connectivity index (χ4v) is 5.29. The van der Waals surface area contributed by atoms with Gasteiger partial charge in [-0.25, -0.2) is 18.7 Å². The number of hydrogen-bond donors (Lipinski definition) is 2. The van der Waals surface area contributed by atoms with E-state index in [9.17, 15) is 28.0 Å². The molecular formula is C44H32F2N4O7. The third-order valence-corrected chi connectivity index (χ3v) is 8.23. The average molecular weight is 767 g/mol. The Morgan fingerprint density at radius 3 is 1.25 bits per heavy atom. The van der Waals surface area contributed by atoms with Crippen LogP contribution in [0.25, 0.3) is 22.1 Å². The van der Waals surface area contributed by atoms with Crippen molar-refractivity contribution in [2.75, 3.05) is 14.2 Å². The average Bonchev–Trinajstić information content (AvgIpc) is 3.24. The number of H-pyrrole nitrogens is 2. The Morgan fingerprint density at radius 2 is 0.842 bits per heavy atom. The summed E-state index contributed by atoms with van der Waals surface area (Å²) in [5, 5.41) is 0. The largest absolute Gasteiger partial charge is 0.497 e. The summed E-state index contributed by atoms with van der Waals surface area (Å²) < 4.78 is 41.6. The molecule has 2 heterocycles. The van der Waals surface area contributed by atoms with Crippen LogP contribution >= 0.6 is 0 Å². The zero-order chi connectivity index (χ0) is 40.3. The summed E-state index contributed by atoms with van der Waals surface area (Å²) >= 11 is 0. The first kappa shape index (κ1) is 38.9. The predicted octanol–water partition coefficient (Wildman–Crippen LogP) is 8.08. The highest BCUT2D eigenvalue weighted by Gasteiger charge is 2.14. The number of ether oxygens (including phenoxy) is 3. The number of para-hydroxylation sites is 4. The number of hydrogen-bond acceptors (Lipinski definition) is 9. The molecular weight excluding hydrogens is 735 g/mol. The highest BCUT2D eigenvalue weighted by molar-refractivity contribution is 6.09. The van der Waals surface area contributed by atoms with E-state index in [1.54, 1.807) is 79.9 Å². The van der Waals surface area contributed by atoms with E-state index in [0.717, 1.165) is 5.52 Å². The first-order chi connectivity index (χ1) is 27.6. The Balaban J connectivity index is 0.000000164. The van der Waals surface area contributed by atoms with Crippen molar-refractivity contribution in [2.45, 2.75) is 0 Å². The van der Waals surface area contributed by atoms with E-state index in [4.69, 9.17) is 14.2 Å². The van der Waals surface area contributed by atoms with Gasteiger partial charge in [0.15, 0.2) is 11.6 Å². The standard InChI is InChI=1S/C23H18N2O4.C13H8F2O.C8H6N2O2/c1-27-17-11-7-15(8-12-17)21(26)16-9-13-18(14-10-16)29-23-22(28-2)24-19-5-3-4-6-20(19)25-23;14-11-5-1-9(2-6-11)13(16)10-3-7-12(15)8-4-10;11-7-8(12)10-6-4-2-1-3-5(6)9-7/h3-14H,1-2H3;1-8H;1-4H,(H,9,11)(H,10,12). The molecule has 8 rings (SSSR count). The molecule has 284 valence electrons. The maximum absolute atomic E-state index is 12.6. The number of nitrogens with one attached hydrogen (secondary N) is 2. The van der Waals surface area contributed by atoms with Gasteiger partial charge in [-0.1, -0.05) is 24.3 Å². The van der Waals surface area contributed by atoms with Gasteiger partial charge in [-0.3, -0.25) is 19.2 Å². The normalized spacial score (nSPS) is 10.4. The first-order valence-corrected chi connectivity index (χ1v) is 17.2. The maximum atomic E-state index is 12.6. The van der Waals surface area contributed by atoms with Crippen LogP contribution in [0.4, 0.5) is 8.78 Å². The molecule has 0 fully saturated rings. The van der Waals surface area contributed by atoms with E-state index < -0.39 is 22.8 Å². The molecule has 8 aromatic rings. The Hall–Kier alpha value is -7.80. The zero-order valence-corrected chi connectivity index (χ0v) is 30.4. The Labute approximate surface area is 323 Å². The van der Waals surface area contributed by atoms with E-state index in [-0.39, 0.29) is 17.4 Å². The van der Waals surface area contributed by atoms with Crippen molar-refractivity contribution in [1.82, 2.24) is 19.9 Å². The third-order valence-electron chi connectivity index (χ3n) is 8.23. The number of fused-ring (bicyclic) bond motifs is 2. The van der Waals surface area contributed by atoms with Crippen LogP contribution in [-0.2, 0) is 0 Å². The molecule has 0 saturated carbocycles. The number of rotatable bonds is 8. The second-order valence-corrected chi connectivity index (χ2v) is 12.0. The van der Waals surface area contributed by atoms with Crippen LogP contribution in [0.5, 0.6) is 23.3 Å². The van der Waals surface area contributed by atoms with Crippen LogP contribution in [0.3, 0.4) is 0 Å². The summed E-state index contributed by atoms with van der Waals surface area (Å²) in [6, 6.07) is 38.8. The second kappa shape index (κ2) is 18.0. The van der Waals surface area contributed by atoms with E-state index in [2.05, 4.69) is 19.9 Å². The van der Waals surface area contributed by atoms with Gasteiger partial charge in [0.25, 0.3) is 11.8 Å². The van der Waals surface area contributed by atoms with Crippen LogP contribution in [0, 0.1) is 11.6 Å². The summed E-state index contributed by atoms with van der Waals surface area (Å²) in [5.41, 5.74) is 3.37. The monoisotopic (exact) mass is 766 g/mol. The Bertz CT molecular complexity index is 2680. The molecule has 2 aromatic heterocycles. The van der Waals surface area contributed by atoms with Crippen molar-refractivity contribution in [3.63, 3.8) is 0 Å². The molecule has 6 aromatic carbocycles. The summed E-state index contributed by atoms with van der Waals surface area (Å²) in [6.45, 7) is 0. The van der Waals surface area contributed by atoms with Crippen molar-refractivity contribution in [1.29, 1.82) is 0 Å². The number of ketones is 2. The van der Waals surface area contributed by atoms with Gasteiger partial charge in [-0.05, 0) is 121 Å². The predicted molar refractivity (Wildman–Crippen MR) is 210 cm³/mol. The molecule has 0 aliphatic rings. The highest BCUT2D eigenvalue weighted by Crippen LogP contribution is 2.30. The Kier molecular flexibility index (Phi) is 12.3. The Morgan fingerprint density at radius 1 is 0.474 bits per heavy atom. The molecule has 0 amide bonds. The molecule has 0 spiro atoms. The highest BCUT2D eigenvalue weighted by atomic mass is 19.1. The molecule has 11 nitrogen and oxygen atoms in total. The minimum Gasteiger partial charge on any atom is -0.497 e. The smallest absolute Gasteiger partial charge is 0.314 e. The minimum atomic E-state index is -0.617. The van der Waals surface area contributed by atoms with Gasteiger partial charge in [0, 0.05) is 22.3 Å². The molecule has 57 heavy (non-hydrogen) atoms. The summed E-state index contributed by atoms with van der Waals surface area (Å²) in [5.74, 6) is 0.672. The molecule has 0 bridgehead atoms. The van der Waals surface area contributed by atoms with Gasteiger partial charge in [0.2, 0.25) is 0 Å². The number of carbonyl (C=O) groups excluding carboxylic acids is 2. The number of aromatic amines is 2. The molecule has 0 aliphatic carbocycles. The van der Waals surface area contributed by atoms with Crippen molar-refractivity contribution >= 4 is 33.6 Å². The number of benzene rings is 6. The molecule has 0 unspecified atom stereocenters. The van der Waals surface area contributed by atoms with E-state index in [0.29, 0.717) is 56.2 Å². The fraction of sp³-hybridized carbons (Fsp3) is 0.0455. The van der Waals surface area contributed by atoms with Gasteiger partial charge < -0.3 is 24.2 Å². The molecule has 13 heteroatoms. The van der Waals surface area contributed by atoms with Crippen LogP contribution in [0.1, 0.15) is 31.8 Å².